The summed E-state index contributed by atoms with van der Waals surface area (Å²) in [4.78, 5) is 12.1. The standard InChI is InChI=1S/C13H12N6O3S/c1-21-8-4-2-3-7(5-8)6-9(20)15-13-17-16-12(23-13)10-11(14)19-22-18-10/h2-5H,6H2,1H3,(H2,14,19)(H,15,17,20). The van der Waals surface area contributed by atoms with Gasteiger partial charge in [-0.2, -0.15) is 0 Å². The van der Waals surface area contributed by atoms with E-state index in [4.69, 9.17) is 10.5 Å². The van der Waals surface area contributed by atoms with Crippen molar-refractivity contribution in [2.45, 2.75) is 6.42 Å². The molecule has 0 spiro atoms. The van der Waals surface area contributed by atoms with Gasteiger partial charge in [0.15, 0.2) is 16.5 Å². The van der Waals surface area contributed by atoms with E-state index in [-0.39, 0.29) is 18.1 Å². The van der Waals surface area contributed by atoms with Crippen LogP contribution in [0.25, 0.3) is 10.7 Å². The molecule has 10 heteroatoms. The summed E-state index contributed by atoms with van der Waals surface area (Å²) in [6.45, 7) is 0. The van der Waals surface area contributed by atoms with Gasteiger partial charge in [-0.3, -0.25) is 4.79 Å². The zero-order chi connectivity index (χ0) is 16.2. The molecule has 0 saturated carbocycles. The molecule has 0 aliphatic rings. The van der Waals surface area contributed by atoms with E-state index in [2.05, 4.69) is 30.5 Å². The molecule has 0 atom stereocenters. The van der Waals surface area contributed by atoms with Crippen LogP contribution < -0.4 is 15.8 Å². The summed E-state index contributed by atoms with van der Waals surface area (Å²) >= 11 is 1.13. The molecule has 3 aromatic rings. The van der Waals surface area contributed by atoms with Gasteiger partial charge in [0, 0.05) is 0 Å². The number of ether oxygens (including phenoxy) is 1. The molecule has 2 aromatic heterocycles. The SMILES string of the molecule is COc1cccc(CC(=O)Nc2nnc(-c3nonc3N)s2)c1. The molecule has 3 N–H and O–H groups in total. The number of nitrogens with zero attached hydrogens (tertiary/aromatic N) is 4. The van der Waals surface area contributed by atoms with Gasteiger partial charge in [0.1, 0.15) is 5.75 Å². The third-order valence-electron chi connectivity index (χ3n) is 2.89. The number of nitrogens with one attached hydrogen (secondary N) is 1. The van der Waals surface area contributed by atoms with Crippen molar-refractivity contribution in [3.63, 3.8) is 0 Å². The van der Waals surface area contributed by atoms with Crippen LogP contribution >= 0.6 is 11.3 Å². The van der Waals surface area contributed by atoms with Crippen LogP contribution in [0, 0.1) is 0 Å². The summed E-state index contributed by atoms with van der Waals surface area (Å²) in [5.41, 5.74) is 6.72. The van der Waals surface area contributed by atoms with Crippen molar-refractivity contribution in [1.82, 2.24) is 20.5 Å². The molecule has 118 valence electrons. The molecule has 1 amide bonds. The van der Waals surface area contributed by atoms with Crippen molar-refractivity contribution in [3.05, 3.63) is 29.8 Å². The van der Waals surface area contributed by atoms with Crippen molar-refractivity contribution in [2.75, 3.05) is 18.2 Å². The predicted octanol–water partition coefficient (Wildman–Crippen LogP) is 1.36. The molecule has 0 saturated heterocycles. The number of benzene rings is 1. The lowest BCUT2D eigenvalue weighted by Crippen LogP contribution is -2.14. The summed E-state index contributed by atoms with van der Waals surface area (Å²) in [5, 5.41) is 18.3. The number of rotatable bonds is 5. The van der Waals surface area contributed by atoms with Crippen molar-refractivity contribution >= 4 is 28.2 Å². The summed E-state index contributed by atoms with van der Waals surface area (Å²) in [7, 11) is 1.58. The predicted molar refractivity (Wildman–Crippen MR) is 82.9 cm³/mol. The maximum absolute atomic E-state index is 12.1. The fraction of sp³-hybridized carbons (Fsp3) is 0.154. The lowest BCUT2D eigenvalue weighted by molar-refractivity contribution is -0.115. The molecule has 0 bridgehead atoms. The van der Waals surface area contributed by atoms with Crippen LogP contribution in [0.1, 0.15) is 5.56 Å². The van der Waals surface area contributed by atoms with Crippen LogP contribution in [0.15, 0.2) is 28.9 Å². The van der Waals surface area contributed by atoms with E-state index in [1.54, 1.807) is 13.2 Å². The summed E-state index contributed by atoms with van der Waals surface area (Å²) < 4.78 is 9.63. The van der Waals surface area contributed by atoms with Gasteiger partial charge in [-0.1, -0.05) is 23.5 Å². The molecule has 0 aliphatic heterocycles. The van der Waals surface area contributed by atoms with Gasteiger partial charge in [-0.25, -0.2) is 4.63 Å². The average molecular weight is 332 g/mol. The quantitative estimate of drug-likeness (QED) is 0.716. The zero-order valence-electron chi connectivity index (χ0n) is 12.0. The summed E-state index contributed by atoms with van der Waals surface area (Å²) in [6.07, 6.45) is 0.194. The van der Waals surface area contributed by atoms with Gasteiger partial charge >= 0.3 is 0 Å². The molecule has 0 unspecified atom stereocenters. The number of nitrogens with two attached hydrogens (primary N) is 1. The Morgan fingerprint density at radius 1 is 1.39 bits per heavy atom. The average Bonchev–Trinajstić information content (AvgIpc) is 3.16. The molecule has 1 aromatic carbocycles. The van der Waals surface area contributed by atoms with Crippen LogP contribution in [0.2, 0.25) is 0 Å². The highest BCUT2D eigenvalue weighted by Gasteiger charge is 2.16. The van der Waals surface area contributed by atoms with Crippen LogP contribution in [0.4, 0.5) is 10.9 Å². The van der Waals surface area contributed by atoms with Crippen molar-refractivity contribution < 1.29 is 14.2 Å². The molecule has 9 nitrogen and oxygen atoms in total. The van der Waals surface area contributed by atoms with E-state index in [9.17, 15) is 4.79 Å². The number of hydrogen-bond donors (Lipinski definition) is 2. The molecular weight excluding hydrogens is 320 g/mol. The minimum Gasteiger partial charge on any atom is -0.497 e. The first-order valence-corrected chi connectivity index (χ1v) is 7.32. The number of methoxy groups -OCH3 is 1. The van der Waals surface area contributed by atoms with E-state index in [0.29, 0.717) is 21.6 Å². The summed E-state index contributed by atoms with van der Waals surface area (Å²) in [6, 6.07) is 7.28. The van der Waals surface area contributed by atoms with E-state index in [0.717, 1.165) is 16.9 Å². The monoisotopic (exact) mass is 332 g/mol. The molecule has 23 heavy (non-hydrogen) atoms. The normalized spacial score (nSPS) is 10.5. The van der Waals surface area contributed by atoms with Crippen LogP contribution in [0.5, 0.6) is 5.75 Å². The van der Waals surface area contributed by atoms with E-state index >= 15 is 0 Å². The first-order chi connectivity index (χ1) is 11.2. The number of nitrogen functional groups attached to an aromatic ring is 1. The van der Waals surface area contributed by atoms with Crippen molar-refractivity contribution in [1.29, 1.82) is 0 Å². The van der Waals surface area contributed by atoms with Gasteiger partial charge < -0.3 is 15.8 Å². The van der Waals surface area contributed by atoms with E-state index in [1.165, 1.54) is 0 Å². The largest absolute Gasteiger partial charge is 0.497 e. The van der Waals surface area contributed by atoms with Crippen LogP contribution in [-0.4, -0.2) is 33.5 Å². The topological polar surface area (TPSA) is 129 Å². The second kappa shape index (κ2) is 6.40. The number of amides is 1. The fourth-order valence-electron chi connectivity index (χ4n) is 1.84. The Kier molecular flexibility index (Phi) is 4.15. The maximum atomic E-state index is 12.1. The second-order valence-electron chi connectivity index (χ2n) is 4.49. The molecule has 2 heterocycles. The smallest absolute Gasteiger partial charge is 0.230 e. The van der Waals surface area contributed by atoms with Gasteiger partial charge in [-0.05, 0) is 28.0 Å². The third-order valence-corrected chi connectivity index (χ3v) is 3.73. The van der Waals surface area contributed by atoms with E-state index < -0.39 is 0 Å². The number of carbonyl (C=O) groups excluding carboxylic acids is 1. The third kappa shape index (κ3) is 3.43. The van der Waals surface area contributed by atoms with Crippen LogP contribution in [0.3, 0.4) is 0 Å². The first-order valence-electron chi connectivity index (χ1n) is 6.50. The van der Waals surface area contributed by atoms with Gasteiger partial charge in [0.2, 0.25) is 11.0 Å². The number of carbonyl (C=O) groups is 1. The van der Waals surface area contributed by atoms with E-state index in [1.807, 2.05) is 18.2 Å². The second-order valence-corrected chi connectivity index (χ2v) is 5.46. The Labute approximate surface area is 134 Å². The molecular formula is C13H12N6O3S. The molecule has 0 aliphatic carbocycles. The van der Waals surface area contributed by atoms with Crippen molar-refractivity contribution in [2.24, 2.45) is 0 Å². The molecule has 0 fully saturated rings. The maximum Gasteiger partial charge on any atom is 0.230 e. The molecule has 0 radical (unpaired) electrons. The lowest BCUT2D eigenvalue weighted by atomic mass is 10.1. The molecule has 3 rings (SSSR count). The summed E-state index contributed by atoms with van der Waals surface area (Å²) in [5.74, 6) is 0.602. The Hall–Kier alpha value is -3.01. The minimum absolute atomic E-state index is 0.121. The van der Waals surface area contributed by atoms with Crippen LogP contribution in [-0.2, 0) is 11.2 Å². The fourth-order valence-corrected chi connectivity index (χ4v) is 2.59. The highest BCUT2D eigenvalue weighted by atomic mass is 32.1. The van der Waals surface area contributed by atoms with Gasteiger partial charge in [-0.15, -0.1) is 10.2 Å². The zero-order valence-corrected chi connectivity index (χ0v) is 12.8. The van der Waals surface area contributed by atoms with Gasteiger partial charge in [0.05, 0.1) is 13.5 Å². The Morgan fingerprint density at radius 2 is 2.26 bits per heavy atom. The number of aromatic nitrogens is 4. The lowest BCUT2D eigenvalue weighted by Gasteiger charge is -2.04. The van der Waals surface area contributed by atoms with Crippen molar-refractivity contribution in [3.8, 4) is 16.5 Å². The Balaban J connectivity index is 1.66. The Bertz CT molecular complexity index is 830. The van der Waals surface area contributed by atoms with Gasteiger partial charge in [0.25, 0.3) is 0 Å². The minimum atomic E-state index is -0.216. The Morgan fingerprint density at radius 3 is 3.00 bits per heavy atom. The number of hydrogen-bond acceptors (Lipinski definition) is 9. The first kappa shape index (κ1) is 14.9. The highest BCUT2D eigenvalue weighted by Crippen LogP contribution is 2.27. The number of anilines is 2. The highest BCUT2D eigenvalue weighted by molar-refractivity contribution is 7.18.